The maximum Gasteiger partial charge on any atom is 0.0594 e. The maximum atomic E-state index is 9.46. The largest absolute Gasteiger partial charge is 0.396 e. The molecule has 1 heterocycles. The first-order chi connectivity index (χ1) is 9.51. The Bertz CT molecular complexity index is 232. The van der Waals surface area contributed by atoms with Crippen molar-refractivity contribution in [3.63, 3.8) is 0 Å². The monoisotopic (exact) mass is 285 g/mol. The van der Waals surface area contributed by atoms with Crippen LogP contribution in [0.2, 0.25) is 0 Å². The molecule has 1 aliphatic heterocycles. The lowest BCUT2D eigenvalue weighted by Gasteiger charge is -2.26. The zero-order valence-electron chi connectivity index (χ0n) is 13.9. The molecule has 0 amide bonds. The normalized spacial score (nSPS) is 19.2. The number of nitrogens with zero attached hydrogens (tertiary/aromatic N) is 1. The third kappa shape index (κ3) is 8.93. The molecule has 0 saturated carbocycles. The molecule has 120 valence electrons. The van der Waals surface area contributed by atoms with Gasteiger partial charge in [0, 0.05) is 19.7 Å². The summed E-state index contributed by atoms with van der Waals surface area (Å²) < 4.78 is 5.36. The van der Waals surface area contributed by atoms with Gasteiger partial charge in [-0.3, -0.25) is 4.90 Å². The van der Waals surface area contributed by atoms with Crippen LogP contribution in [0, 0.1) is 11.3 Å². The summed E-state index contributed by atoms with van der Waals surface area (Å²) in [7, 11) is 0. The second kappa shape index (κ2) is 9.75. The minimum Gasteiger partial charge on any atom is -0.396 e. The van der Waals surface area contributed by atoms with Crippen LogP contribution >= 0.6 is 0 Å². The molecule has 0 unspecified atom stereocenters. The van der Waals surface area contributed by atoms with Crippen molar-refractivity contribution in [2.45, 2.75) is 59.3 Å². The van der Waals surface area contributed by atoms with E-state index < -0.39 is 0 Å². The van der Waals surface area contributed by atoms with Gasteiger partial charge in [-0.05, 0) is 43.6 Å². The highest BCUT2D eigenvalue weighted by Gasteiger charge is 2.15. The van der Waals surface area contributed by atoms with Crippen LogP contribution in [0.1, 0.15) is 59.3 Å². The van der Waals surface area contributed by atoms with Crippen molar-refractivity contribution < 1.29 is 9.84 Å². The summed E-state index contributed by atoms with van der Waals surface area (Å²) in [5.74, 6) is 0.512. The summed E-state index contributed by atoms with van der Waals surface area (Å²) in [5.41, 5.74) is 0.393. The van der Waals surface area contributed by atoms with Gasteiger partial charge in [-0.2, -0.15) is 0 Å². The van der Waals surface area contributed by atoms with Gasteiger partial charge in [-0.1, -0.05) is 33.6 Å². The third-order valence-electron chi connectivity index (χ3n) is 4.25. The van der Waals surface area contributed by atoms with Crippen molar-refractivity contribution in [1.82, 2.24) is 4.90 Å². The van der Waals surface area contributed by atoms with Crippen LogP contribution in [0.25, 0.3) is 0 Å². The van der Waals surface area contributed by atoms with Crippen molar-refractivity contribution in [3.8, 4) is 0 Å². The number of hydrogen-bond acceptors (Lipinski definition) is 3. The van der Waals surface area contributed by atoms with Gasteiger partial charge in [0.15, 0.2) is 0 Å². The van der Waals surface area contributed by atoms with Crippen molar-refractivity contribution in [1.29, 1.82) is 0 Å². The van der Waals surface area contributed by atoms with E-state index in [4.69, 9.17) is 4.74 Å². The first-order valence-electron chi connectivity index (χ1n) is 8.42. The zero-order chi connectivity index (χ0) is 14.8. The van der Waals surface area contributed by atoms with Gasteiger partial charge in [0.05, 0.1) is 13.2 Å². The summed E-state index contributed by atoms with van der Waals surface area (Å²) in [6.45, 7) is 12.4. The highest BCUT2D eigenvalue weighted by molar-refractivity contribution is 4.67. The summed E-state index contributed by atoms with van der Waals surface area (Å²) in [5, 5.41) is 9.46. The quantitative estimate of drug-likeness (QED) is 0.660. The second-order valence-corrected chi connectivity index (χ2v) is 7.45. The molecule has 0 radical (unpaired) electrons. The zero-order valence-corrected chi connectivity index (χ0v) is 13.9. The number of hydrogen-bond donors (Lipinski definition) is 1. The number of morpholine rings is 1. The fourth-order valence-corrected chi connectivity index (χ4v) is 2.73. The number of aliphatic hydroxyl groups excluding tert-OH is 1. The first-order valence-corrected chi connectivity index (χ1v) is 8.42. The second-order valence-electron chi connectivity index (χ2n) is 7.45. The smallest absolute Gasteiger partial charge is 0.0594 e. The Morgan fingerprint density at radius 2 is 1.75 bits per heavy atom. The number of ether oxygens (including phenoxy) is 1. The van der Waals surface area contributed by atoms with Gasteiger partial charge in [0.2, 0.25) is 0 Å². The van der Waals surface area contributed by atoms with E-state index in [9.17, 15) is 5.11 Å². The molecule has 0 aromatic heterocycles. The molecule has 20 heavy (non-hydrogen) atoms. The predicted molar refractivity (Wildman–Crippen MR) is 85.0 cm³/mol. The molecular weight excluding hydrogens is 250 g/mol. The minimum absolute atomic E-state index is 0.361. The summed E-state index contributed by atoms with van der Waals surface area (Å²) in [6.07, 6.45) is 7.42. The third-order valence-corrected chi connectivity index (χ3v) is 4.25. The van der Waals surface area contributed by atoms with Gasteiger partial charge in [0.25, 0.3) is 0 Å². The molecule has 3 nitrogen and oxygen atoms in total. The van der Waals surface area contributed by atoms with E-state index >= 15 is 0 Å². The maximum absolute atomic E-state index is 9.46. The van der Waals surface area contributed by atoms with E-state index in [2.05, 4.69) is 25.7 Å². The Kier molecular flexibility index (Phi) is 8.74. The molecule has 0 aliphatic carbocycles. The van der Waals surface area contributed by atoms with Crippen LogP contribution in [0.4, 0.5) is 0 Å². The SMILES string of the molecule is CC(C)(C)CC[C@@H](CO)CCCCCN1CCOCC1. The van der Waals surface area contributed by atoms with Crippen molar-refractivity contribution >= 4 is 0 Å². The van der Waals surface area contributed by atoms with Gasteiger partial charge in [-0.15, -0.1) is 0 Å². The molecular formula is C17H35NO2. The minimum atomic E-state index is 0.361. The Labute approximate surface area is 125 Å². The highest BCUT2D eigenvalue weighted by Crippen LogP contribution is 2.25. The number of unbranched alkanes of at least 4 members (excludes halogenated alkanes) is 2. The molecule has 1 rings (SSSR count). The Morgan fingerprint density at radius 3 is 2.35 bits per heavy atom. The van der Waals surface area contributed by atoms with E-state index in [1.165, 1.54) is 45.1 Å². The first kappa shape index (κ1) is 17.9. The molecule has 0 aromatic carbocycles. The lowest BCUT2D eigenvalue weighted by molar-refractivity contribution is 0.0370. The van der Waals surface area contributed by atoms with Crippen molar-refractivity contribution in [2.75, 3.05) is 39.5 Å². The van der Waals surface area contributed by atoms with Crippen molar-refractivity contribution in [2.24, 2.45) is 11.3 Å². The summed E-state index contributed by atoms with van der Waals surface area (Å²) in [4.78, 5) is 2.51. The van der Waals surface area contributed by atoms with Crippen LogP contribution in [-0.2, 0) is 4.74 Å². The molecule has 0 spiro atoms. The van der Waals surface area contributed by atoms with Crippen molar-refractivity contribution in [3.05, 3.63) is 0 Å². The molecule has 1 aliphatic rings. The number of aliphatic hydroxyl groups is 1. The van der Waals surface area contributed by atoms with Gasteiger partial charge < -0.3 is 9.84 Å². The van der Waals surface area contributed by atoms with Crippen LogP contribution in [0.5, 0.6) is 0 Å². The lowest BCUT2D eigenvalue weighted by Crippen LogP contribution is -2.36. The Balaban J connectivity index is 2.00. The Hall–Kier alpha value is -0.120. The highest BCUT2D eigenvalue weighted by atomic mass is 16.5. The standard InChI is InChI=1S/C17H35NO2/c1-17(2,3)9-8-16(15-19)7-5-4-6-10-18-11-13-20-14-12-18/h16,19H,4-15H2,1-3H3/t16-/m0/s1. The average Bonchev–Trinajstić information content (AvgIpc) is 2.42. The average molecular weight is 285 g/mol. The molecule has 1 N–H and O–H groups in total. The lowest BCUT2D eigenvalue weighted by atomic mass is 9.85. The topological polar surface area (TPSA) is 32.7 Å². The summed E-state index contributed by atoms with van der Waals surface area (Å²) >= 11 is 0. The van der Waals surface area contributed by atoms with Crippen LogP contribution < -0.4 is 0 Å². The Morgan fingerprint density at radius 1 is 1.05 bits per heavy atom. The van der Waals surface area contributed by atoms with E-state index in [-0.39, 0.29) is 0 Å². The summed E-state index contributed by atoms with van der Waals surface area (Å²) in [6, 6.07) is 0. The molecule has 0 bridgehead atoms. The van der Waals surface area contributed by atoms with E-state index in [0.717, 1.165) is 26.3 Å². The predicted octanol–water partition coefficient (Wildman–Crippen LogP) is 3.31. The van der Waals surface area contributed by atoms with Crippen LogP contribution in [0.15, 0.2) is 0 Å². The van der Waals surface area contributed by atoms with Gasteiger partial charge >= 0.3 is 0 Å². The van der Waals surface area contributed by atoms with Gasteiger partial charge in [0.1, 0.15) is 0 Å². The fourth-order valence-electron chi connectivity index (χ4n) is 2.73. The fraction of sp³-hybridized carbons (Fsp3) is 1.00. The van der Waals surface area contributed by atoms with E-state index in [0.29, 0.717) is 17.9 Å². The molecule has 1 atom stereocenters. The molecule has 1 saturated heterocycles. The number of rotatable bonds is 9. The molecule has 3 heteroatoms. The van der Waals surface area contributed by atoms with E-state index in [1.54, 1.807) is 0 Å². The molecule has 0 aromatic rings. The van der Waals surface area contributed by atoms with Crippen LogP contribution in [0.3, 0.4) is 0 Å². The van der Waals surface area contributed by atoms with Crippen LogP contribution in [-0.4, -0.2) is 49.5 Å². The van der Waals surface area contributed by atoms with Gasteiger partial charge in [-0.25, -0.2) is 0 Å². The molecule has 1 fully saturated rings. The van der Waals surface area contributed by atoms with E-state index in [1.807, 2.05) is 0 Å².